The summed E-state index contributed by atoms with van der Waals surface area (Å²) in [5, 5.41) is 0. The van der Waals surface area contributed by atoms with Crippen molar-refractivity contribution >= 4 is 0 Å². The van der Waals surface area contributed by atoms with Gasteiger partial charge in [0.25, 0.3) is 0 Å². The normalized spacial score (nSPS) is 29.5. The zero-order chi connectivity index (χ0) is 8.48. The van der Waals surface area contributed by atoms with Crippen LogP contribution in [0.15, 0.2) is 12.7 Å². The van der Waals surface area contributed by atoms with Crippen LogP contribution < -0.4 is 5.73 Å². The van der Waals surface area contributed by atoms with Crippen LogP contribution in [0.2, 0.25) is 0 Å². The fourth-order valence-corrected chi connectivity index (χ4v) is 1.20. The van der Waals surface area contributed by atoms with Crippen LogP contribution in [0.3, 0.4) is 0 Å². The molecule has 2 heteroatoms. The molecule has 1 aliphatic heterocycles. The lowest BCUT2D eigenvalue weighted by Gasteiger charge is -2.03. The highest BCUT2D eigenvalue weighted by Crippen LogP contribution is 2.38. The first-order valence-electron chi connectivity index (χ1n) is 4.12. The van der Waals surface area contributed by atoms with Crippen molar-refractivity contribution in [1.82, 2.24) is 0 Å². The van der Waals surface area contributed by atoms with Gasteiger partial charge in [-0.25, -0.2) is 0 Å². The molecule has 0 saturated carbocycles. The van der Waals surface area contributed by atoms with Crippen molar-refractivity contribution in [2.45, 2.75) is 44.4 Å². The first-order chi connectivity index (χ1) is 5.06. The van der Waals surface area contributed by atoms with Gasteiger partial charge in [0, 0.05) is 6.04 Å². The lowest BCUT2D eigenvalue weighted by atomic mass is 10.0. The monoisotopic (exact) mass is 155 g/mol. The lowest BCUT2D eigenvalue weighted by Crippen LogP contribution is -2.17. The van der Waals surface area contributed by atoms with Crippen molar-refractivity contribution in [2.75, 3.05) is 0 Å². The van der Waals surface area contributed by atoms with Gasteiger partial charge in [-0.15, -0.1) is 6.58 Å². The van der Waals surface area contributed by atoms with Gasteiger partial charge in [-0.05, 0) is 26.7 Å². The van der Waals surface area contributed by atoms with E-state index in [0.717, 1.165) is 12.8 Å². The van der Waals surface area contributed by atoms with Crippen molar-refractivity contribution < 1.29 is 4.74 Å². The Labute approximate surface area is 68.4 Å². The Balaban J connectivity index is 2.10. The van der Waals surface area contributed by atoms with E-state index in [1.807, 2.05) is 0 Å². The number of hydrogen-bond donors (Lipinski definition) is 1. The minimum absolute atomic E-state index is 0.112. The molecule has 0 spiro atoms. The van der Waals surface area contributed by atoms with E-state index in [4.69, 9.17) is 10.5 Å². The van der Waals surface area contributed by atoms with Crippen LogP contribution in [0, 0.1) is 0 Å². The Hall–Kier alpha value is -0.340. The summed E-state index contributed by atoms with van der Waals surface area (Å²) in [4.78, 5) is 0. The molecule has 0 radical (unpaired) electrons. The zero-order valence-electron chi connectivity index (χ0n) is 7.34. The summed E-state index contributed by atoms with van der Waals surface area (Å²) in [7, 11) is 0. The second-order valence-electron chi connectivity index (χ2n) is 3.69. The summed E-state index contributed by atoms with van der Waals surface area (Å²) in [6.07, 6.45) is 4.25. The molecule has 0 bridgehead atoms. The van der Waals surface area contributed by atoms with Crippen molar-refractivity contribution in [3.63, 3.8) is 0 Å². The molecule has 0 aromatic heterocycles. The number of nitrogens with two attached hydrogens (primary N) is 1. The summed E-state index contributed by atoms with van der Waals surface area (Å²) < 4.78 is 5.41. The Morgan fingerprint density at radius 1 is 1.73 bits per heavy atom. The number of hydrogen-bond acceptors (Lipinski definition) is 2. The van der Waals surface area contributed by atoms with E-state index >= 15 is 0 Å². The van der Waals surface area contributed by atoms with Crippen LogP contribution in [-0.4, -0.2) is 17.7 Å². The average Bonchev–Trinajstić information content (AvgIpc) is 2.54. The van der Waals surface area contributed by atoms with Crippen LogP contribution in [-0.2, 0) is 4.74 Å². The maximum Gasteiger partial charge on any atom is 0.0892 e. The van der Waals surface area contributed by atoms with E-state index in [1.165, 1.54) is 0 Å². The number of rotatable bonds is 4. The van der Waals surface area contributed by atoms with Gasteiger partial charge < -0.3 is 10.5 Å². The molecule has 0 aromatic rings. The van der Waals surface area contributed by atoms with E-state index < -0.39 is 0 Å². The van der Waals surface area contributed by atoms with Gasteiger partial charge in [0.1, 0.15) is 0 Å². The van der Waals surface area contributed by atoms with Crippen molar-refractivity contribution in [1.29, 1.82) is 0 Å². The maximum absolute atomic E-state index is 5.66. The van der Waals surface area contributed by atoms with Gasteiger partial charge in [0.2, 0.25) is 0 Å². The summed E-state index contributed by atoms with van der Waals surface area (Å²) in [5.41, 5.74) is 5.78. The molecule has 64 valence electrons. The molecule has 0 aliphatic carbocycles. The zero-order valence-corrected chi connectivity index (χ0v) is 7.34. The minimum atomic E-state index is 0.112. The van der Waals surface area contributed by atoms with Gasteiger partial charge in [0.15, 0.2) is 0 Å². The van der Waals surface area contributed by atoms with Crippen molar-refractivity contribution in [2.24, 2.45) is 5.73 Å². The third-order valence-electron chi connectivity index (χ3n) is 2.23. The molecule has 2 atom stereocenters. The highest BCUT2D eigenvalue weighted by molar-refractivity contribution is 4.96. The molecular formula is C9H17NO. The van der Waals surface area contributed by atoms with Crippen LogP contribution >= 0.6 is 0 Å². The molecule has 1 unspecified atom stereocenters. The van der Waals surface area contributed by atoms with Crippen LogP contribution in [0.4, 0.5) is 0 Å². The molecule has 0 aromatic carbocycles. The third-order valence-corrected chi connectivity index (χ3v) is 2.23. The van der Waals surface area contributed by atoms with Gasteiger partial charge in [-0.2, -0.15) is 0 Å². The first kappa shape index (κ1) is 8.75. The standard InChI is InChI=1S/C9H17NO/c1-4-7(10)5-6-8-9(2,3)11-8/h4,7-8H,1,5-6,10H2,2-3H3/t7-,8?/m1/s1. The molecule has 1 saturated heterocycles. The fourth-order valence-electron chi connectivity index (χ4n) is 1.20. The Morgan fingerprint density at radius 3 is 2.64 bits per heavy atom. The first-order valence-corrected chi connectivity index (χ1v) is 4.12. The maximum atomic E-state index is 5.66. The van der Waals surface area contributed by atoms with E-state index in [2.05, 4.69) is 20.4 Å². The second kappa shape index (κ2) is 2.95. The van der Waals surface area contributed by atoms with E-state index in [1.54, 1.807) is 6.08 Å². The topological polar surface area (TPSA) is 38.5 Å². The lowest BCUT2D eigenvalue weighted by molar-refractivity contribution is 0.318. The number of ether oxygens (including phenoxy) is 1. The van der Waals surface area contributed by atoms with E-state index in [0.29, 0.717) is 6.10 Å². The Bertz CT molecular complexity index is 154. The molecule has 11 heavy (non-hydrogen) atoms. The van der Waals surface area contributed by atoms with Gasteiger partial charge in [-0.3, -0.25) is 0 Å². The molecule has 0 amide bonds. The van der Waals surface area contributed by atoms with Crippen LogP contribution in [0.5, 0.6) is 0 Å². The predicted molar refractivity (Wildman–Crippen MR) is 46.4 cm³/mol. The van der Waals surface area contributed by atoms with Crippen LogP contribution in [0.1, 0.15) is 26.7 Å². The molecule has 1 aliphatic rings. The SMILES string of the molecule is C=C[C@@H](N)CCC1OC1(C)C. The molecular weight excluding hydrogens is 138 g/mol. The summed E-state index contributed by atoms with van der Waals surface area (Å²) >= 11 is 0. The Kier molecular flexibility index (Phi) is 2.35. The molecule has 1 rings (SSSR count). The Morgan fingerprint density at radius 2 is 2.27 bits per heavy atom. The number of epoxide rings is 1. The third kappa shape index (κ3) is 2.31. The van der Waals surface area contributed by atoms with E-state index in [-0.39, 0.29) is 11.6 Å². The fraction of sp³-hybridized carbons (Fsp3) is 0.778. The molecule has 2 nitrogen and oxygen atoms in total. The van der Waals surface area contributed by atoms with Gasteiger partial charge in [-0.1, -0.05) is 6.08 Å². The summed E-state index contributed by atoms with van der Waals surface area (Å²) in [5.74, 6) is 0. The smallest absolute Gasteiger partial charge is 0.0892 e. The quantitative estimate of drug-likeness (QED) is 0.493. The van der Waals surface area contributed by atoms with Gasteiger partial charge in [0.05, 0.1) is 11.7 Å². The highest BCUT2D eigenvalue weighted by atomic mass is 16.6. The average molecular weight is 155 g/mol. The van der Waals surface area contributed by atoms with E-state index in [9.17, 15) is 0 Å². The molecule has 2 N–H and O–H groups in total. The summed E-state index contributed by atoms with van der Waals surface area (Å²) in [6, 6.07) is 0.134. The summed E-state index contributed by atoms with van der Waals surface area (Å²) in [6.45, 7) is 7.85. The predicted octanol–water partition coefficient (Wildman–Crippen LogP) is 1.46. The highest BCUT2D eigenvalue weighted by Gasteiger charge is 2.46. The molecule has 1 heterocycles. The van der Waals surface area contributed by atoms with Gasteiger partial charge >= 0.3 is 0 Å². The van der Waals surface area contributed by atoms with Crippen LogP contribution in [0.25, 0.3) is 0 Å². The molecule has 1 fully saturated rings. The second-order valence-corrected chi connectivity index (χ2v) is 3.69. The minimum Gasteiger partial charge on any atom is -0.367 e. The van der Waals surface area contributed by atoms with Crippen molar-refractivity contribution in [3.8, 4) is 0 Å². The largest absolute Gasteiger partial charge is 0.367 e. The van der Waals surface area contributed by atoms with Crippen molar-refractivity contribution in [3.05, 3.63) is 12.7 Å².